The number of allylic oxidation sites excluding steroid dienone is 3. The first-order valence-electron chi connectivity index (χ1n) is 14.5. The SMILES string of the molecule is COc1ccc(CC(=O)Nc2ccc(C(=O)N(CC(=O)O)Cc3ccc(OC(=O)C4=CC=C(NS(C)(=O)=O)C(C)C4)cc3)cc2)cc1. The summed E-state index contributed by atoms with van der Waals surface area (Å²) in [6.45, 7) is 1.22. The lowest BCUT2D eigenvalue weighted by Crippen LogP contribution is -2.35. The molecule has 3 N–H and O–H groups in total. The van der Waals surface area contributed by atoms with Crippen LogP contribution in [0.15, 0.2) is 96.2 Å². The third kappa shape index (κ3) is 10.3. The molecule has 0 saturated carbocycles. The van der Waals surface area contributed by atoms with Crippen molar-refractivity contribution >= 4 is 39.5 Å². The van der Waals surface area contributed by atoms with Crippen LogP contribution in [0, 0.1) is 5.92 Å². The van der Waals surface area contributed by atoms with E-state index in [1.54, 1.807) is 74.7 Å². The molecule has 0 saturated heterocycles. The summed E-state index contributed by atoms with van der Waals surface area (Å²) in [6.07, 6.45) is 4.55. The number of hydrogen-bond acceptors (Lipinski definition) is 8. The highest BCUT2D eigenvalue weighted by molar-refractivity contribution is 7.88. The molecule has 1 aliphatic rings. The summed E-state index contributed by atoms with van der Waals surface area (Å²) in [5.74, 6) is -1.83. The van der Waals surface area contributed by atoms with Crippen LogP contribution in [0.25, 0.3) is 0 Å². The van der Waals surface area contributed by atoms with Gasteiger partial charge < -0.3 is 24.8 Å². The zero-order valence-corrected chi connectivity index (χ0v) is 26.9. The van der Waals surface area contributed by atoms with Crippen LogP contribution in [0.1, 0.15) is 34.8 Å². The van der Waals surface area contributed by atoms with E-state index in [-0.39, 0.29) is 42.5 Å². The number of carbonyl (C=O) groups is 4. The van der Waals surface area contributed by atoms with Gasteiger partial charge in [0.15, 0.2) is 0 Å². The van der Waals surface area contributed by atoms with Crippen molar-refractivity contribution in [2.45, 2.75) is 26.3 Å². The molecule has 0 aliphatic heterocycles. The van der Waals surface area contributed by atoms with E-state index in [2.05, 4.69) is 10.0 Å². The molecule has 1 atom stereocenters. The molecular formula is C34H35N3O9S. The number of carbonyl (C=O) groups excluding carboxylic acids is 3. The number of methoxy groups -OCH3 is 1. The van der Waals surface area contributed by atoms with Gasteiger partial charge in [-0.05, 0) is 72.2 Å². The predicted molar refractivity (Wildman–Crippen MR) is 174 cm³/mol. The Bertz CT molecular complexity index is 1800. The van der Waals surface area contributed by atoms with Gasteiger partial charge in [0, 0.05) is 35.0 Å². The van der Waals surface area contributed by atoms with E-state index in [0.717, 1.165) is 11.8 Å². The fraction of sp³-hybridized carbons (Fsp3) is 0.235. The first kappa shape index (κ1) is 34.4. The summed E-state index contributed by atoms with van der Waals surface area (Å²) >= 11 is 0. The first-order valence-corrected chi connectivity index (χ1v) is 16.4. The number of rotatable bonds is 13. The first-order chi connectivity index (χ1) is 22.3. The van der Waals surface area contributed by atoms with E-state index in [1.807, 2.05) is 0 Å². The van der Waals surface area contributed by atoms with Crippen molar-refractivity contribution in [1.82, 2.24) is 9.62 Å². The number of carboxylic acid groups (broad SMARTS) is 1. The lowest BCUT2D eigenvalue weighted by Gasteiger charge is -2.22. The predicted octanol–water partition coefficient (Wildman–Crippen LogP) is 3.91. The molecule has 1 unspecified atom stereocenters. The minimum atomic E-state index is -3.44. The molecule has 13 heteroatoms. The fourth-order valence-electron chi connectivity index (χ4n) is 4.79. The normalized spacial score (nSPS) is 14.2. The van der Waals surface area contributed by atoms with Gasteiger partial charge in [0.25, 0.3) is 5.91 Å². The van der Waals surface area contributed by atoms with Crippen LogP contribution in [0.5, 0.6) is 11.5 Å². The van der Waals surface area contributed by atoms with Gasteiger partial charge in [-0.3, -0.25) is 19.1 Å². The van der Waals surface area contributed by atoms with Gasteiger partial charge in [0.2, 0.25) is 15.9 Å². The molecule has 3 aromatic carbocycles. The van der Waals surface area contributed by atoms with Gasteiger partial charge in [0.1, 0.15) is 18.0 Å². The molecule has 1 aliphatic carbocycles. The summed E-state index contributed by atoms with van der Waals surface area (Å²) in [6, 6.07) is 19.6. The molecule has 0 bridgehead atoms. The van der Waals surface area contributed by atoms with Gasteiger partial charge in [-0.25, -0.2) is 13.2 Å². The van der Waals surface area contributed by atoms with E-state index in [9.17, 15) is 32.7 Å². The Morgan fingerprint density at radius 2 is 1.51 bits per heavy atom. The smallest absolute Gasteiger partial charge is 0.339 e. The van der Waals surface area contributed by atoms with Crippen LogP contribution in [-0.4, -0.2) is 62.1 Å². The highest BCUT2D eigenvalue weighted by atomic mass is 32.2. The molecule has 0 spiro atoms. The zero-order valence-electron chi connectivity index (χ0n) is 26.1. The van der Waals surface area contributed by atoms with E-state index in [4.69, 9.17) is 9.47 Å². The maximum Gasteiger partial charge on any atom is 0.339 e. The molecule has 47 heavy (non-hydrogen) atoms. The molecule has 3 aromatic rings. The zero-order chi connectivity index (χ0) is 34.1. The lowest BCUT2D eigenvalue weighted by molar-refractivity contribution is -0.138. The van der Waals surface area contributed by atoms with Gasteiger partial charge in [-0.2, -0.15) is 0 Å². The highest BCUT2D eigenvalue weighted by Crippen LogP contribution is 2.26. The van der Waals surface area contributed by atoms with Crippen molar-refractivity contribution in [3.8, 4) is 11.5 Å². The number of carboxylic acids is 1. The lowest BCUT2D eigenvalue weighted by atomic mass is 9.93. The van der Waals surface area contributed by atoms with Crippen LogP contribution in [-0.2, 0) is 37.4 Å². The molecule has 0 aromatic heterocycles. The second kappa shape index (κ2) is 15.2. The van der Waals surface area contributed by atoms with Crippen molar-refractivity contribution in [2.75, 3.05) is 25.2 Å². The van der Waals surface area contributed by atoms with Gasteiger partial charge in [-0.15, -0.1) is 0 Å². The third-order valence-corrected chi connectivity index (χ3v) is 7.75. The summed E-state index contributed by atoms with van der Waals surface area (Å²) in [5, 5.41) is 12.2. The molecule has 0 radical (unpaired) electrons. The Labute approximate surface area is 272 Å². The van der Waals surface area contributed by atoms with Crippen molar-refractivity contribution in [1.29, 1.82) is 0 Å². The second-order valence-electron chi connectivity index (χ2n) is 11.0. The monoisotopic (exact) mass is 661 g/mol. The maximum atomic E-state index is 13.3. The number of anilines is 1. The van der Waals surface area contributed by atoms with Crippen LogP contribution in [0.3, 0.4) is 0 Å². The number of hydrogen-bond donors (Lipinski definition) is 3. The Morgan fingerprint density at radius 1 is 0.894 bits per heavy atom. The largest absolute Gasteiger partial charge is 0.497 e. The number of amides is 2. The van der Waals surface area contributed by atoms with E-state index < -0.39 is 34.4 Å². The van der Waals surface area contributed by atoms with E-state index in [0.29, 0.717) is 28.3 Å². The second-order valence-corrected chi connectivity index (χ2v) is 12.8. The minimum absolute atomic E-state index is 0.0245. The number of nitrogens with zero attached hydrogens (tertiary/aromatic N) is 1. The summed E-state index contributed by atoms with van der Waals surface area (Å²) in [4.78, 5) is 51.2. The minimum Gasteiger partial charge on any atom is -0.497 e. The number of benzene rings is 3. The highest BCUT2D eigenvalue weighted by Gasteiger charge is 2.23. The Balaban J connectivity index is 1.35. The summed E-state index contributed by atoms with van der Waals surface area (Å²) in [5.41, 5.74) is 2.99. The number of nitrogens with one attached hydrogen (secondary N) is 2. The van der Waals surface area contributed by atoms with Crippen molar-refractivity contribution in [3.05, 3.63) is 113 Å². The van der Waals surface area contributed by atoms with Crippen molar-refractivity contribution < 1.29 is 42.2 Å². The van der Waals surface area contributed by atoms with Crippen molar-refractivity contribution in [3.63, 3.8) is 0 Å². The standard InChI is InChI=1S/C34H35N3O9S/c1-22-18-26(10-17-30(22)36-47(3,43)44)34(42)46-29-15-6-24(7-16-29)20-37(21-32(39)40)33(41)25-8-11-27(12-9-25)35-31(38)19-23-4-13-28(45-2)14-5-23/h4-17,22,36H,18-21H2,1-3H3,(H,35,38)(H,39,40). The van der Waals surface area contributed by atoms with E-state index >= 15 is 0 Å². The topological polar surface area (TPSA) is 168 Å². The number of esters is 1. The van der Waals surface area contributed by atoms with Crippen molar-refractivity contribution in [2.24, 2.45) is 5.92 Å². The molecule has 0 fully saturated rings. The number of sulfonamides is 1. The third-order valence-electron chi connectivity index (χ3n) is 7.15. The molecular weight excluding hydrogens is 626 g/mol. The Morgan fingerprint density at radius 3 is 2.09 bits per heavy atom. The Hall–Kier alpha value is -5.43. The maximum absolute atomic E-state index is 13.3. The van der Waals surface area contributed by atoms with Gasteiger partial charge in [-0.1, -0.05) is 37.3 Å². The summed E-state index contributed by atoms with van der Waals surface area (Å²) < 4.78 is 36.1. The molecule has 0 heterocycles. The van der Waals surface area contributed by atoms with Crippen LogP contribution in [0.4, 0.5) is 5.69 Å². The van der Waals surface area contributed by atoms with Crippen LogP contribution >= 0.6 is 0 Å². The number of aliphatic carboxylic acids is 1. The average molecular weight is 662 g/mol. The van der Waals surface area contributed by atoms with Crippen LogP contribution < -0.4 is 19.5 Å². The van der Waals surface area contributed by atoms with Gasteiger partial charge in [0.05, 0.1) is 19.8 Å². The number of ether oxygens (including phenoxy) is 2. The molecule has 12 nitrogen and oxygen atoms in total. The summed E-state index contributed by atoms with van der Waals surface area (Å²) in [7, 11) is -1.88. The Kier molecular flexibility index (Phi) is 11.2. The quantitative estimate of drug-likeness (QED) is 0.182. The molecule has 246 valence electrons. The van der Waals surface area contributed by atoms with Gasteiger partial charge >= 0.3 is 11.9 Å². The van der Waals surface area contributed by atoms with E-state index in [1.165, 1.54) is 29.2 Å². The van der Waals surface area contributed by atoms with Crippen LogP contribution in [0.2, 0.25) is 0 Å². The molecule has 4 rings (SSSR count). The average Bonchev–Trinajstić information content (AvgIpc) is 3.02. The fourth-order valence-corrected chi connectivity index (χ4v) is 5.49. The molecule has 2 amide bonds.